The minimum absolute atomic E-state index is 0.131. The summed E-state index contributed by atoms with van der Waals surface area (Å²) in [5.74, 6) is -0.133. The first-order valence-corrected chi connectivity index (χ1v) is 37.9. The van der Waals surface area contributed by atoms with Gasteiger partial charge in [-0.05, 0) is 38.5 Å². The van der Waals surface area contributed by atoms with Gasteiger partial charge in [0.15, 0.2) is 6.29 Å². The number of nitrogens with one attached hydrogen (secondary N) is 1. The highest BCUT2D eigenvalue weighted by Crippen LogP contribution is 2.24. The summed E-state index contributed by atoms with van der Waals surface area (Å²) in [6.07, 6.45) is 77.4. The molecule has 1 amide bonds. The number of hydrogen-bond acceptors (Lipinski definition) is 8. The summed E-state index contributed by atoms with van der Waals surface area (Å²) in [5.41, 5.74) is 0. The zero-order valence-corrected chi connectivity index (χ0v) is 56.2. The molecule has 1 rings (SSSR count). The SMILES string of the molecule is CCCCCCCCCC/C=C\CCCCCCCCCCCCCCCCCCCCCCCCCCCC(=O)NC(COC1OC(CO)C(O)C(O)C1O)C(O)CCCCCCCCCCCCCCCCCCCCCCCCCC. The molecule has 1 aliphatic heterocycles. The predicted molar refractivity (Wildman–Crippen MR) is 360 cm³/mol. The lowest BCUT2D eigenvalue weighted by molar-refractivity contribution is -0.302. The van der Waals surface area contributed by atoms with Crippen molar-refractivity contribution in [1.82, 2.24) is 5.32 Å². The van der Waals surface area contributed by atoms with Crippen LogP contribution in [0.25, 0.3) is 0 Å². The third-order valence-electron chi connectivity index (χ3n) is 18.6. The number of unbranched alkanes of at least 4 members (excludes halogenated alkanes) is 56. The third kappa shape index (κ3) is 52.8. The van der Waals surface area contributed by atoms with Gasteiger partial charge in [0.05, 0.1) is 25.4 Å². The average Bonchev–Trinajstić information content (AvgIpc) is 3.70. The largest absolute Gasteiger partial charge is 0.394 e. The Bertz CT molecular complexity index is 1330. The molecule has 7 atom stereocenters. The fraction of sp³-hybridized carbons (Fsp3) is 0.960. The molecule has 1 heterocycles. The van der Waals surface area contributed by atoms with Crippen LogP contribution in [0.2, 0.25) is 0 Å². The quantitative estimate of drug-likeness (QED) is 0.0261. The number of aliphatic hydroxyl groups excluding tert-OH is 5. The predicted octanol–water partition coefficient (Wildman–Crippen LogP) is 21.0. The second kappa shape index (κ2) is 64.9. The molecule has 0 bridgehead atoms. The highest BCUT2D eigenvalue weighted by Gasteiger charge is 2.44. The van der Waals surface area contributed by atoms with Crippen molar-refractivity contribution in [2.24, 2.45) is 0 Å². The number of aliphatic hydroxyl groups is 5. The van der Waals surface area contributed by atoms with Gasteiger partial charge in [0.25, 0.3) is 0 Å². The van der Waals surface area contributed by atoms with E-state index in [1.165, 1.54) is 340 Å². The van der Waals surface area contributed by atoms with Crippen LogP contribution in [0.5, 0.6) is 0 Å². The van der Waals surface area contributed by atoms with Crippen molar-refractivity contribution in [3.8, 4) is 0 Å². The third-order valence-corrected chi connectivity index (χ3v) is 18.6. The lowest BCUT2D eigenvalue weighted by Crippen LogP contribution is -2.60. The summed E-state index contributed by atoms with van der Waals surface area (Å²) in [4.78, 5) is 13.2. The van der Waals surface area contributed by atoms with Crippen LogP contribution < -0.4 is 5.32 Å². The van der Waals surface area contributed by atoms with E-state index in [2.05, 4.69) is 31.3 Å². The van der Waals surface area contributed by atoms with Gasteiger partial charge in [-0.3, -0.25) is 4.79 Å². The number of rotatable bonds is 68. The van der Waals surface area contributed by atoms with Crippen LogP contribution in [0.1, 0.15) is 406 Å². The number of allylic oxidation sites excluding steroid dienone is 2. The molecule has 0 aromatic heterocycles. The Balaban J connectivity index is 2.04. The van der Waals surface area contributed by atoms with Gasteiger partial charge in [0.2, 0.25) is 5.91 Å². The van der Waals surface area contributed by atoms with Crippen molar-refractivity contribution in [2.45, 2.75) is 448 Å². The molecule has 0 aromatic rings. The Kier molecular flexibility index (Phi) is 62.5. The van der Waals surface area contributed by atoms with E-state index >= 15 is 0 Å². The summed E-state index contributed by atoms with van der Waals surface area (Å²) in [5, 5.41) is 55.0. The molecule has 0 saturated carbocycles. The van der Waals surface area contributed by atoms with E-state index in [4.69, 9.17) is 9.47 Å². The Hall–Kier alpha value is -1.07. The summed E-state index contributed by atoms with van der Waals surface area (Å²) < 4.78 is 11.4. The molecule has 7 unspecified atom stereocenters. The Labute approximate surface area is 522 Å². The lowest BCUT2D eigenvalue weighted by atomic mass is 9.99. The second-order valence-electron chi connectivity index (χ2n) is 26.8. The van der Waals surface area contributed by atoms with Gasteiger partial charge in [0.1, 0.15) is 24.4 Å². The van der Waals surface area contributed by atoms with Gasteiger partial charge in [-0.1, -0.05) is 373 Å². The fourth-order valence-electron chi connectivity index (χ4n) is 12.7. The normalized spacial score (nSPS) is 18.1. The van der Waals surface area contributed by atoms with Gasteiger partial charge in [-0.15, -0.1) is 0 Å². The molecule has 0 spiro atoms. The van der Waals surface area contributed by atoms with Gasteiger partial charge in [-0.25, -0.2) is 0 Å². The van der Waals surface area contributed by atoms with Gasteiger partial charge in [0, 0.05) is 6.42 Å². The van der Waals surface area contributed by atoms with Gasteiger partial charge < -0.3 is 40.3 Å². The van der Waals surface area contributed by atoms with Crippen LogP contribution in [-0.2, 0) is 14.3 Å². The molecule has 9 heteroatoms. The second-order valence-corrected chi connectivity index (χ2v) is 26.8. The van der Waals surface area contributed by atoms with E-state index in [9.17, 15) is 30.3 Å². The summed E-state index contributed by atoms with van der Waals surface area (Å²) >= 11 is 0. The van der Waals surface area contributed by atoms with Crippen LogP contribution in [0.15, 0.2) is 12.2 Å². The first-order valence-electron chi connectivity index (χ1n) is 37.9. The van der Waals surface area contributed by atoms with E-state index < -0.39 is 49.5 Å². The molecule has 9 nitrogen and oxygen atoms in total. The topological polar surface area (TPSA) is 149 Å². The maximum atomic E-state index is 13.2. The van der Waals surface area contributed by atoms with Crippen molar-refractivity contribution < 1.29 is 39.8 Å². The van der Waals surface area contributed by atoms with E-state index in [0.717, 1.165) is 38.5 Å². The van der Waals surface area contributed by atoms with Crippen molar-refractivity contribution in [2.75, 3.05) is 13.2 Å². The maximum absolute atomic E-state index is 13.2. The average molecular weight is 1190 g/mol. The zero-order chi connectivity index (χ0) is 60.7. The Morgan fingerprint density at radius 3 is 0.964 bits per heavy atom. The molecule has 0 radical (unpaired) electrons. The molecule has 6 N–H and O–H groups in total. The summed E-state index contributed by atoms with van der Waals surface area (Å²) in [6.45, 7) is 3.91. The molecule has 1 aliphatic rings. The maximum Gasteiger partial charge on any atom is 0.220 e. The number of ether oxygens (including phenoxy) is 2. The van der Waals surface area contributed by atoms with E-state index in [1.807, 2.05) is 0 Å². The number of amides is 1. The summed E-state index contributed by atoms with van der Waals surface area (Å²) in [6, 6.07) is -0.717. The highest BCUT2D eigenvalue weighted by molar-refractivity contribution is 5.76. The monoisotopic (exact) mass is 1190 g/mol. The van der Waals surface area contributed by atoms with Gasteiger partial charge in [-0.2, -0.15) is 0 Å². The molecule has 0 aromatic carbocycles. The summed E-state index contributed by atoms with van der Waals surface area (Å²) in [7, 11) is 0. The Morgan fingerprint density at radius 1 is 0.393 bits per heavy atom. The molecule has 500 valence electrons. The molecule has 0 aliphatic carbocycles. The first-order chi connectivity index (χ1) is 41.3. The van der Waals surface area contributed by atoms with Gasteiger partial charge >= 0.3 is 0 Å². The van der Waals surface area contributed by atoms with Crippen LogP contribution >= 0.6 is 0 Å². The van der Waals surface area contributed by atoms with Crippen LogP contribution in [-0.4, -0.2) is 87.5 Å². The Morgan fingerprint density at radius 2 is 0.667 bits per heavy atom. The fourth-order valence-corrected chi connectivity index (χ4v) is 12.7. The highest BCUT2D eigenvalue weighted by atomic mass is 16.7. The van der Waals surface area contributed by atoms with Crippen molar-refractivity contribution in [1.29, 1.82) is 0 Å². The zero-order valence-electron chi connectivity index (χ0n) is 56.2. The van der Waals surface area contributed by atoms with Crippen LogP contribution in [0.3, 0.4) is 0 Å². The standard InChI is InChI=1S/C75H147NO8/c1-3-5-7-9-11-13-15-17-19-21-23-25-27-29-30-31-32-33-34-35-36-37-38-39-40-41-43-45-47-49-51-53-55-57-59-61-63-65-71(79)76-68(67-83-75-74(82)73(81)72(80)70(66-77)84-75)69(78)64-62-60-58-56-54-52-50-48-46-44-42-28-26-24-22-20-18-16-14-12-10-8-6-4-2/h21,23,68-70,72-75,77-78,80-82H,3-20,22,24-67H2,1-2H3,(H,76,79)/b23-21-. The number of carbonyl (C=O) groups excluding carboxylic acids is 1. The van der Waals surface area contributed by atoms with Crippen molar-refractivity contribution in [3.63, 3.8) is 0 Å². The molecular weight excluding hydrogens is 1040 g/mol. The van der Waals surface area contributed by atoms with Crippen LogP contribution in [0.4, 0.5) is 0 Å². The van der Waals surface area contributed by atoms with E-state index in [0.29, 0.717) is 12.8 Å². The van der Waals surface area contributed by atoms with Crippen molar-refractivity contribution >= 4 is 5.91 Å². The van der Waals surface area contributed by atoms with Crippen molar-refractivity contribution in [3.05, 3.63) is 12.2 Å². The molecule has 1 fully saturated rings. The number of hydrogen-bond donors (Lipinski definition) is 6. The first kappa shape index (κ1) is 80.9. The molecule has 1 saturated heterocycles. The van der Waals surface area contributed by atoms with E-state index in [-0.39, 0.29) is 12.5 Å². The minimum atomic E-state index is -1.55. The van der Waals surface area contributed by atoms with E-state index in [1.54, 1.807) is 0 Å². The smallest absolute Gasteiger partial charge is 0.220 e. The molecule has 84 heavy (non-hydrogen) atoms. The minimum Gasteiger partial charge on any atom is -0.394 e. The molecular formula is C75H147NO8. The number of carbonyl (C=O) groups is 1. The van der Waals surface area contributed by atoms with Crippen LogP contribution in [0, 0.1) is 0 Å². The lowest BCUT2D eigenvalue weighted by Gasteiger charge is -2.40.